The van der Waals surface area contributed by atoms with Gasteiger partial charge in [0, 0.05) is 19.6 Å². The summed E-state index contributed by atoms with van der Waals surface area (Å²) in [6.45, 7) is 10.2. The van der Waals surface area contributed by atoms with E-state index in [1.165, 1.54) is 0 Å². The fourth-order valence-electron chi connectivity index (χ4n) is 1.76. The van der Waals surface area contributed by atoms with Gasteiger partial charge in [-0.05, 0) is 13.3 Å². The minimum Gasteiger partial charge on any atom is -0.380 e. The summed E-state index contributed by atoms with van der Waals surface area (Å²) >= 11 is 0. The molecule has 18 heavy (non-hydrogen) atoms. The van der Waals surface area contributed by atoms with Crippen molar-refractivity contribution in [2.24, 2.45) is 0 Å². The average molecular weight is 256 g/mol. The van der Waals surface area contributed by atoms with Crippen LogP contribution >= 0.6 is 0 Å². The van der Waals surface area contributed by atoms with Crippen LogP contribution in [-0.2, 0) is 14.3 Å². The van der Waals surface area contributed by atoms with E-state index < -0.39 is 0 Å². The van der Waals surface area contributed by atoms with Gasteiger partial charge in [-0.25, -0.2) is 0 Å². The number of nitrogens with one attached hydrogen (secondary N) is 1. The van der Waals surface area contributed by atoms with Crippen LogP contribution in [0.1, 0.15) is 13.3 Å². The number of hydrogen-bond donors (Lipinski definition) is 1. The third-order valence-corrected chi connectivity index (χ3v) is 2.86. The molecule has 1 heterocycles. The number of carbonyl (C=O) groups is 1. The molecule has 0 radical (unpaired) electrons. The second kappa shape index (κ2) is 9.08. The van der Waals surface area contributed by atoms with Crippen LogP contribution in [0.15, 0.2) is 12.7 Å². The molecule has 0 aliphatic carbocycles. The number of carbonyl (C=O) groups excluding carboxylic acids is 1. The van der Waals surface area contributed by atoms with Crippen molar-refractivity contribution >= 4 is 5.91 Å². The second-order valence-corrected chi connectivity index (χ2v) is 4.30. The quantitative estimate of drug-likeness (QED) is 0.505. The molecule has 104 valence electrons. The molecule has 0 saturated carbocycles. The summed E-state index contributed by atoms with van der Waals surface area (Å²) in [5.41, 5.74) is 0. The number of morpholine rings is 1. The molecule has 0 aromatic rings. The average Bonchev–Trinajstić information content (AvgIpc) is 2.42. The van der Waals surface area contributed by atoms with Crippen LogP contribution in [0.3, 0.4) is 0 Å². The van der Waals surface area contributed by atoms with Crippen LogP contribution in [0.2, 0.25) is 0 Å². The molecule has 0 bridgehead atoms. The monoisotopic (exact) mass is 256 g/mol. The van der Waals surface area contributed by atoms with Gasteiger partial charge in [-0.15, -0.1) is 6.58 Å². The Hall–Kier alpha value is -0.910. The summed E-state index contributed by atoms with van der Waals surface area (Å²) in [7, 11) is 0. The Morgan fingerprint density at radius 3 is 2.89 bits per heavy atom. The molecule has 1 aliphatic heterocycles. The summed E-state index contributed by atoms with van der Waals surface area (Å²) in [6, 6.07) is -0.161. The highest BCUT2D eigenvalue weighted by Gasteiger charge is 2.21. The van der Waals surface area contributed by atoms with Crippen molar-refractivity contribution in [2.45, 2.75) is 19.4 Å². The molecule has 1 amide bonds. The molecule has 1 atom stereocenters. The van der Waals surface area contributed by atoms with Crippen LogP contribution in [-0.4, -0.2) is 62.9 Å². The van der Waals surface area contributed by atoms with Gasteiger partial charge < -0.3 is 19.7 Å². The van der Waals surface area contributed by atoms with E-state index in [4.69, 9.17) is 9.47 Å². The number of nitrogens with zero attached hydrogens (tertiary/aromatic N) is 1. The number of rotatable bonds is 8. The molecule has 1 aliphatic rings. The summed E-state index contributed by atoms with van der Waals surface area (Å²) in [5.74, 6) is 0.143. The highest BCUT2D eigenvalue weighted by Crippen LogP contribution is 2.00. The zero-order chi connectivity index (χ0) is 13.2. The maximum atomic E-state index is 12.0. The van der Waals surface area contributed by atoms with E-state index in [2.05, 4.69) is 11.9 Å². The first kappa shape index (κ1) is 15.1. The van der Waals surface area contributed by atoms with Gasteiger partial charge >= 0.3 is 0 Å². The summed E-state index contributed by atoms with van der Waals surface area (Å²) < 4.78 is 10.6. The zero-order valence-electron chi connectivity index (χ0n) is 11.2. The molecule has 0 aromatic heterocycles. The zero-order valence-corrected chi connectivity index (χ0v) is 11.2. The topological polar surface area (TPSA) is 50.8 Å². The first-order valence-corrected chi connectivity index (χ1v) is 6.54. The lowest BCUT2D eigenvalue weighted by Crippen LogP contribution is -2.49. The third kappa shape index (κ3) is 5.62. The third-order valence-electron chi connectivity index (χ3n) is 2.86. The van der Waals surface area contributed by atoms with E-state index in [1.807, 2.05) is 17.9 Å². The molecule has 5 nitrogen and oxygen atoms in total. The molecule has 1 rings (SSSR count). The second-order valence-electron chi connectivity index (χ2n) is 4.30. The lowest BCUT2D eigenvalue weighted by Gasteiger charge is -2.29. The van der Waals surface area contributed by atoms with Crippen molar-refractivity contribution < 1.29 is 14.3 Å². The fourth-order valence-corrected chi connectivity index (χ4v) is 1.76. The van der Waals surface area contributed by atoms with Gasteiger partial charge in [0.25, 0.3) is 0 Å². The van der Waals surface area contributed by atoms with E-state index >= 15 is 0 Å². The Bertz CT molecular complexity index is 253. The predicted molar refractivity (Wildman–Crippen MR) is 70.5 cm³/mol. The number of hydrogen-bond acceptors (Lipinski definition) is 4. The van der Waals surface area contributed by atoms with Crippen LogP contribution in [0.4, 0.5) is 0 Å². The molecule has 1 N–H and O–H groups in total. The highest BCUT2D eigenvalue weighted by atomic mass is 16.5. The van der Waals surface area contributed by atoms with Crippen molar-refractivity contribution in [3.8, 4) is 0 Å². The number of amides is 1. The molecule has 1 fully saturated rings. The van der Waals surface area contributed by atoms with E-state index in [-0.39, 0.29) is 11.9 Å². The van der Waals surface area contributed by atoms with Gasteiger partial charge in [-0.1, -0.05) is 6.08 Å². The largest absolute Gasteiger partial charge is 0.380 e. The summed E-state index contributed by atoms with van der Waals surface area (Å²) in [4.78, 5) is 13.9. The van der Waals surface area contributed by atoms with Gasteiger partial charge in [-0.2, -0.15) is 0 Å². The van der Waals surface area contributed by atoms with Crippen molar-refractivity contribution in [1.29, 1.82) is 0 Å². The van der Waals surface area contributed by atoms with Gasteiger partial charge in [-0.3, -0.25) is 4.79 Å². The lowest BCUT2D eigenvalue weighted by atomic mass is 10.2. The number of ether oxygens (including phenoxy) is 2. The van der Waals surface area contributed by atoms with Crippen molar-refractivity contribution in [1.82, 2.24) is 10.2 Å². The van der Waals surface area contributed by atoms with Gasteiger partial charge in [0.1, 0.15) is 0 Å². The standard InChI is InChI=1S/C13H24N2O3/c1-3-4-8-17-9-5-14-12(2)13(16)15-6-10-18-11-7-15/h3,12,14H,1,4-11H2,2H3. The first-order chi connectivity index (χ1) is 8.75. The smallest absolute Gasteiger partial charge is 0.239 e. The Morgan fingerprint density at radius 1 is 1.50 bits per heavy atom. The maximum absolute atomic E-state index is 12.0. The Labute approximate surface area is 109 Å². The van der Waals surface area contributed by atoms with Crippen molar-refractivity contribution in [2.75, 3.05) is 46.1 Å². The van der Waals surface area contributed by atoms with Crippen molar-refractivity contribution in [3.05, 3.63) is 12.7 Å². The predicted octanol–water partition coefficient (Wildman–Crippen LogP) is 0.416. The van der Waals surface area contributed by atoms with Crippen LogP contribution < -0.4 is 5.32 Å². The molecule has 0 aromatic carbocycles. The normalized spacial score (nSPS) is 17.5. The van der Waals surface area contributed by atoms with Gasteiger partial charge in [0.05, 0.1) is 32.5 Å². The Kier molecular flexibility index (Phi) is 7.64. The first-order valence-electron chi connectivity index (χ1n) is 6.54. The molecule has 5 heteroatoms. The Balaban J connectivity index is 2.09. The maximum Gasteiger partial charge on any atom is 0.239 e. The van der Waals surface area contributed by atoms with E-state index in [9.17, 15) is 4.79 Å². The molecule has 1 unspecified atom stereocenters. The van der Waals surface area contributed by atoms with E-state index in [1.54, 1.807) is 0 Å². The summed E-state index contributed by atoms with van der Waals surface area (Å²) in [5, 5.41) is 3.17. The Morgan fingerprint density at radius 2 is 2.22 bits per heavy atom. The highest BCUT2D eigenvalue weighted by molar-refractivity contribution is 5.81. The minimum atomic E-state index is -0.161. The molecule has 1 saturated heterocycles. The molecular weight excluding hydrogens is 232 g/mol. The molecular formula is C13H24N2O3. The van der Waals surface area contributed by atoms with Gasteiger partial charge in [0.15, 0.2) is 0 Å². The summed E-state index contributed by atoms with van der Waals surface area (Å²) in [6.07, 6.45) is 2.69. The van der Waals surface area contributed by atoms with E-state index in [0.717, 1.165) is 6.42 Å². The van der Waals surface area contributed by atoms with E-state index in [0.29, 0.717) is 46.1 Å². The van der Waals surface area contributed by atoms with Crippen LogP contribution in [0, 0.1) is 0 Å². The van der Waals surface area contributed by atoms with Crippen LogP contribution in [0.5, 0.6) is 0 Å². The van der Waals surface area contributed by atoms with Crippen molar-refractivity contribution in [3.63, 3.8) is 0 Å². The lowest BCUT2D eigenvalue weighted by molar-refractivity contribution is -0.137. The molecule has 0 spiro atoms. The van der Waals surface area contributed by atoms with Crippen LogP contribution in [0.25, 0.3) is 0 Å². The fraction of sp³-hybridized carbons (Fsp3) is 0.769. The SMILES string of the molecule is C=CCCOCCNC(C)C(=O)N1CCOCC1. The van der Waals surface area contributed by atoms with Gasteiger partial charge in [0.2, 0.25) is 5.91 Å². The minimum absolute atomic E-state index is 0.143.